The quantitative estimate of drug-likeness (QED) is 0.592. The van der Waals surface area contributed by atoms with Crippen LogP contribution in [0, 0.1) is 5.82 Å². The number of nitrogens with zero attached hydrogens (tertiary/aromatic N) is 1. The third-order valence-corrected chi connectivity index (χ3v) is 4.28. The first-order valence-electron chi connectivity index (χ1n) is 8.76. The molecule has 134 valence electrons. The van der Waals surface area contributed by atoms with Crippen molar-refractivity contribution in [1.29, 1.82) is 0 Å². The Balaban J connectivity index is 1.77. The van der Waals surface area contributed by atoms with Crippen molar-refractivity contribution in [2.45, 2.75) is 32.3 Å². The number of phenols is 1. The predicted molar refractivity (Wildman–Crippen MR) is 103 cm³/mol. The Kier molecular flexibility index (Phi) is 5.64. The van der Waals surface area contributed by atoms with Gasteiger partial charge in [-0.1, -0.05) is 24.3 Å². The highest BCUT2D eigenvalue weighted by molar-refractivity contribution is 5.86. The first-order chi connectivity index (χ1) is 12.5. The van der Waals surface area contributed by atoms with E-state index in [0.717, 1.165) is 35.6 Å². The van der Waals surface area contributed by atoms with Crippen LogP contribution in [-0.4, -0.2) is 21.3 Å². The van der Waals surface area contributed by atoms with Crippen LogP contribution in [0.25, 0.3) is 28.1 Å². The van der Waals surface area contributed by atoms with Gasteiger partial charge in [0.15, 0.2) is 0 Å². The molecule has 2 aromatic carbocycles. The second-order valence-electron chi connectivity index (χ2n) is 6.52. The standard InChI is InChI=1S/C22H22FNO2/c1-15(25)5-3-2-4-6-16-7-10-20(21(23)11-16)22-13-17-8-9-19(26)12-18(17)14-24-22/h4,6-15,25-26H,2-3,5H2,1H3/b6-4+. The largest absolute Gasteiger partial charge is 0.508 e. The SMILES string of the molecule is CC(O)CCC/C=C/c1ccc(-c2cc3ccc(O)cc3cn2)c(F)c1. The van der Waals surface area contributed by atoms with Crippen molar-refractivity contribution in [3.05, 3.63) is 66.1 Å². The van der Waals surface area contributed by atoms with Gasteiger partial charge in [0.2, 0.25) is 0 Å². The van der Waals surface area contributed by atoms with Crippen molar-refractivity contribution < 1.29 is 14.6 Å². The van der Waals surface area contributed by atoms with Crippen LogP contribution in [0.3, 0.4) is 0 Å². The van der Waals surface area contributed by atoms with Crippen LogP contribution in [0.1, 0.15) is 31.7 Å². The summed E-state index contributed by atoms with van der Waals surface area (Å²) in [6, 6.07) is 12.0. The fraction of sp³-hybridized carbons (Fsp3) is 0.227. The number of allylic oxidation sites excluding steroid dienone is 1. The lowest BCUT2D eigenvalue weighted by Crippen LogP contribution is -1.97. The number of pyridine rings is 1. The van der Waals surface area contributed by atoms with Gasteiger partial charge in [-0.3, -0.25) is 4.98 Å². The zero-order valence-corrected chi connectivity index (χ0v) is 14.7. The van der Waals surface area contributed by atoms with Gasteiger partial charge in [-0.2, -0.15) is 0 Å². The minimum atomic E-state index is -0.318. The molecule has 0 aliphatic heterocycles. The number of unbranched alkanes of at least 4 members (excludes halogenated alkanes) is 1. The first-order valence-corrected chi connectivity index (χ1v) is 8.76. The lowest BCUT2D eigenvalue weighted by Gasteiger charge is -2.06. The van der Waals surface area contributed by atoms with Gasteiger partial charge in [0.05, 0.1) is 11.8 Å². The topological polar surface area (TPSA) is 53.4 Å². The minimum Gasteiger partial charge on any atom is -0.508 e. The molecule has 3 nitrogen and oxygen atoms in total. The van der Waals surface area contributed by atoms with Crippen molar-refractivity contribution in [2.24, 2.45) is 0 Å². The highest BCUT2D eigenvalue weighted by Crippen LogP contribution is 2.27. The van der Waals surface area contributed by atoms with Gasteiger partial charge in [-0.25, -0.2) is 4.39 Å². The molecule has 0 aliphatic carbocycles. The fourth-order valence-electron chi connectivity index (χ4n) is 2.87. The normalized spacial score (nSPS) is 12.7. The third kappa shape index (κ3) is 4.46. The Bertz CT molecular complexity index is 935. The predicted octanol–water partition coefficient (Wildman–Crippen LogP) is 5.31. The summed E-state index contributed by atoms with van der Waals surface area (Å²) in [5.41, 5.74) is 1.81. The van der Waals surface area contributed by atoms with Crippen LogP contribution < -0.4 is 0 Å². The van der Waals surface area contributed by atoms with Crippen molar-refractivity contribution in [1.82, 2.24) is 4.98 Å². The van der Waals surface area contributed by atoms with Crippen LogP contribution >= 0.6 is 0 Å². The average Bonchev–Trinajstić information content (AvgIpc) is 2.61. The number of aromatic hydroxyl groups is 1. The van der Waals surface area contributed by atoms with E-state index in [1.807, 2.05) is 24.3 Å². The van der Waals surface area contributed by atoms with E-state index in [0.29, 0.717) is 11.3 Å². The highest BCUT2D eigenvalue weighted by Gasteiger charge is 2.08. The minimum absolute atomic E-state index is 0.183. The summed E-state index contributed by atoms with van der Waals surface area (Å²) in [6.07, 6.45) is 7.78. The molecule has 1 heterocycles. The van der Waals surface area contributed by atoms with E-state index in [2.05, 4.69) is 4.98 Å². The van der Waals surface area contributed by atoms with Crippen LogP contribution in [0.4, 0.5) is 4.39 Å². The third-order valence-electron chi connectivity index (χ3n) is 4.28. The first kappa shape index (κ1) is 18.1. The lowest BCUT2D eigenvalue weighted by molar-refractivity contribution is 0.182. The molecule has 1 atom stereocenters. The highest BCUT2D eigenvalue weighted by atomic mass is 19.1. The van der Waals surface area contributed by atoms with E-state index in [4.69, 9.17) is 0 Å². The number of benzene rings is 2. The Hall–Kier alpha value is -2.72. The number of phenolic OH excluding ortho intramolecular Hbond substituents is 1. The van der Waals surface area contributed by atoms with Gasteiger partial charge in [0, 0.05) is 17.1 Å². The number of rotatable bonds is 6. The van der Waals surface area contributed by atoms with Crippen molar-refractivity contribution in [3.63, 3.8) is 0 Å². The summed E-state index contributed by atoms with van der Waals surface area (Å²) >= 11 is 0. The summed E-state index contributed by atoms with van der Waals surface area (Å²) in [6.45, 7) is 1.78. The van der Waals surface area contributed by atoms with Crippen LogP contribution in [0.5, 0.6) is 5.75 Å². The van der Waals surface area contributed by atoms with E-state index < -0.39 is 0 Å². The van der Waals surface area contributed by atoms with Gasteiger partial charge in [0.25, 0.3) is 0 Å². The molecule has 26 heavy (non-hydrogen) atoms. The Labute approximate surface area is 152 Å². The Morgan fingerprint density at radius 3 is 2.73 bits per heavy atom. The molecule has 0 fully saturated rings. The number of hydrogen-bond donors (Lipinski definition) is 2. The van der Waals surface area contributed by atoms with E-state index in [1.54, 1.807) is 37.4 Å². The van der Waals surface area contributed by atoms with E-state index >= 15 is 0 Å². The van der Waals surface area contributed by atoms with Gasteiger partial charge in [-0.15, -0.1) is 0 Å². The number of aliphatic hydroxyl groups excluding tert-OH is 1. The van der Waals surface area contributed by atoms with E-state index in [1.165, 1.54) is 6.07 Å². The maximum absolute atomic E-state index is 14.5. The molecule has 1 aromatic heterocycles. The van der Waals surface area contributed by atoms with Gasteiger partial charge >= 0.3 is 0 Å². The number of hydrogen-bond acceptors (Lipinski definition) is 3. The van der Waals surface area contributed by atoms with Crippen molar-refractivity contribution in [3.8, 4) is 17.0 Å². The summed E-state index contributed by atoms with van der Waals surface area (Å²) in [5.74, 6) is -0.135. The summed E-state index contributed by atoms with van der Waals surface area (Å²) in [4.78, 5) is 4.32. The second-order valence-corrected chi connectivity index (χ2v) is 6.52. The molecule has 3 rings (SSSR count). The molecule has 0 amide bonds. The zero-order valence-electron chi connectivity index (χ0n) is 14.7. The monoisotopic (exact) mass is 351 g/mol. The van der Waals surface area contributed by atoms with Gasteiger partial charge in [0.1, 0.15) is 11.6 Å². The van der Waals surface area contributed by atoms with Gasteiger partial charge < -0.3 is 10.2 Å². The van der Waals surface area contributed by atoms with Crippen molar-refractivity contribution in [2.75, 3.05) is 0 Å². The molecular weight excluding hydrogens is 329 g/mol. The fourth-order valence-corrected chi connectivity index (χ4v) is 2.87. The number of halogens is 1. The smallest absolute Gasteiger partial charge is 0.133 e. The maximum atomic E-state index is 14.5. The van der Waals surface area contributed by atoms with Crippen LogP contribution in [0.15, 0.2) is 54.7 Å². The summed E-state index contributed by atoms with van der Waals surface area (Å²) in [7, 11) is 0. The zero-order chi connectivity index (χ0) is 18.5. The molecule has 2 N–H and O–H groups in total. The molecule has 4 heteroatoms. The maximum Gasteiger partial charge on any atom is 0.133 e. The van der Waals surface area contributed by atoms with Crippen LogP contribution in [-0.2, 0) is 0 Å². The molecule has 0 bridgehead atoms. The number of aromatic nitrogens is 1. The summed E-state index contributed by atoms with van der Waals surface area (Å²) < 4.78 is 14.5. The molecular formula is C22H22FNO2. The molecule has 1 unspecified atom stereocenters. The lowest BCUT2D eigenvalue weighted by atomic mass is 10.0. The molecule has 0 aliphatic rings. The number of fused-ring (bicyclic) bond motifs is 1. The van der Waals surface area contributed by atoms with E-state index in [-0.39, 0.29) is 17.7 Å². The van der Waals surface area contributed by atoms with E-state index in [9.17, 15) is 14.6 Å². The Morgan fingerprint density at radius 1 is 1.12 bits per heavy atom. The molecule has 0 saturated carbocycles. The molecule has 0 spiro atoms. The second kappa shape index (κ2) is 8.11. The van der Waals surface area contributed by atoms with Gasteiger partial charge in [-0.05, 0) is 67.5 Å². The Morgan fingerprint density at radius 2 is 1.96 bits per heavy atom. The molecule has 0 radical (unpaired) electrons. The molecule has 3 aromatic rings. The molecule has 0 saturated heterocycles. The summed E-state index contributed by atoms with van der Waals surface area (Å²) in [5, 5.41) is 20.5. The van der Waals surface area contributed by atoms with Crippen LogP contribution in [0.2, 0.25) is 0 Å². The number of aliphatic hydroxyl groups is 1. The average molecular weight is 351 g/mol. The van der Waals surface area contributed by atoms with Crippen molar-refractivity contribution >= 4 is 16.8 Å².